The lowest BCUT2D eigenvalue weighted by atomic mass is 9.85. The summed E-state index contributed by atoms with van der Waals surface area (Å²) in [5.74, 6) is 0.354. The van der Waals surface area contributed by atoms with Crippen molar-refractivity contribution < 1.29 is 23.2 Å². The molecule has 3 heterocycles. The number of carbonyl (C=O) groups excluding carboxylic acids is 2. The van der Waals surface area contributed by atoms with E-state index in [1.54, 1.807) is 19.1 Å². The summed E-state index contributed by atoms with van der Waals surface area (Å²) in [6.07, 6.45) is 4.77. The summed E-state index contributed by atoms with van der Waals surface area (Å²) in [5, 5.41) is 11.6. The van der Waals surface area contributed by atoms with Crippen LogP contribution in [0.5, 0.6) is 5.75 Å². The van der Waals surface area contributed by atoms with Crippen molar-refractivity contribution in [2.24, 2.45) is 5.41 Å². The second-order valence-electron chi connectivity index (χ2n) is 9.85. The van der Waals surface area contributed by atoms with Crippen molar-refractivity contribution >= 4 is 23.2 Å². The predicted octanol–water partition coefficient (Wildman–Crippen LogP) is 5.78. The molecule has 0 amide bonds. The van der Waals surface area contributed by atoms with Gasteiger partial charge in [-0.05, 0) is 48.2 Å². The number of hydrogen-bond donors (Lipinski definition) is 0. The van der Waals surface area contributed by atoms with Gasteiger partial charge in [-0.15, -0.1) is 0 Å². The second kappa shape index (κ2) is 9.40. The molecule has 1 aliphatic heterocycles. The smallest absolute Gasteiger partial charge is 0.223 e. The molecule has 2 aromatic carbocycles. The molecule has 4 aromatic rings. The number of aromatic nitrogens is 4. The number of Topliss-reactive ketones (excluding diaryl/α,β-unsaturated/α-hetero) is 2. The fourth-order valence-corrected chi connectivity index (χ4v) is 5.26. The topological polar surface area (TPSA) is 108 Å². The van der Waals surface area contributed by atoms with Crippen molar-refractivity contribution in [3.05, 3.63) is 76.6 Å². The fraction of sp³-hybridized carbons (Fsp3) is 0.286. The zero-order valence-corrected chi connectivity index (χ0v) is 21.2. The largest absolute Gasteiger partial charge is 0.493 e. The van der Waals surface area contributed by atoms with Gasteiger partial charge in [0.1, 0.15) is 17.3 Å². The average molecular weight is 533 g/mol. The van der Waals surface area contributed by atoms with Gasteiger partial charge >= 0.3 is 0 Å². The Morgan fingerprint density at radius 3 is 2.71 bits per heavy atom. The van der Waals surface area contributed by atoms with Gasteiger partial charge in [0.15, 0.2) is 5.78 Å². The molecule has 0 spiro atoms. The minimum Gasteiger partial charge on any atom is -0.493 e. The molecule has 8 nitrogen and oxygen atoms in total. The lowest BCUT2D eigenvalue weighted by molar-refractivity contribution is -0.124. The number of nitrogens with zero attached hydrogens (tertiary/aromatic N) is 4. The van der Waals surface area contributed by atoms with Crippen LogP contribution in [-0.2, 0) is 4.79 Å². The number of hydrogen-bond acceptors (Lipinski definition) is 8. The van der Waals surface area contributed by atoms with Gasteiger partial charge in [-0.3, -0.25) is 9.59 Å². The van der Waals surface area contributed by atoms with Crippen molar-refractivity contribution in [1.82, 2.24) is 20.3 Å². The van der Waals surface area contributed by atoms with Gasteiger partial charge in [0.05, 0.1) is 24.6 Å². The molecule has 1 fully saturated rings. The van der Waals surface area contributed by atoms with Crippen molar-refractivity contribution in [2.45, 2.75) is 38.5 Å². The van der Waals surface area contributed by atoms with Crippen LogP contribution >= 0.6 is 11.6 Å². The highest BCUT2D eigenvalue weighted by molar-refractivity contribution is 6.31. The maximum atomic E-state index is 15.0. The average Bonchev–Trinajstić information content (AvgIpc) is 3.40. The number of carbonyl (C=O) groups is 2. The Balaban J connectivity index is 1.23. The molecule has 0 saturated heterocycles. The minimum atomic E-state index is -0.612. The highest BCUT2D eigenvalue weighted by Gasteiger charge is 2.51. The first-order chi connectivity index (χ1) is 18.3. The predicted molar refractivity (Wildman–Crippen MR) is 135 cm³/mol. The number of rotatable bonds is 8. The van der Waals surface area contributed by atoms with Crippen LogP contribution in [0.2, 0.25) is 5.02 Å². The molecule has 1 unspecified atom stereocenters. The van der Waals surface area contributed by atoms with Crippen LogP contribution in [0, 0.1) is 18.2 Å². The molecular formula is C28H22ClFN4O4. The van der Waals surface area contributed by atoms with Crippen LogP contribution in [0.15, 0.2) is 53.3 Å². The Kier molecular flexibility index (Phi) is 6.03. The monoisotopic (exact) mass is 532 g/mol. The molecule has 6 rings (SSSR count). The van der Waals surface area contributed by atoms with E-state index in [2.05, 4.69) is 20.3 Å². The molecule has 1 atom stereocenters. The van der Waals surface area contributed by atoms with Crippen molar-refractivity contribution in [3.8, 4) is 28.3 Å². The van der Waals surface area contributed by atoms with Crippen LogP contribution in [0.25, 0.3) is 22.5 Å². The third kappa shape index (κ3) is 4.47. The SMILES string of the molecule is Cc1nc(-c2c(F)cc(Cl)cc2-c2ccc3c(c2)OCC3CC(=O)C2(CC(=O)c3ccnnc3)CC2)no1. The molecule has 1 saturated carbocycles. The van der Waals surface area contributed by atoms with Gasteiger partial charge < -0.3 is 9.26 Å². The summed E-state index contributed by atoms with van der Waals surface area (Å²) < 4.78 is 26.0. The third-order valence-electron chi connectivity index (χ3n) is 7.29. The maximum Gasteiger partial charge on any atom is 0.223 e. The maximum absolute atomic E-state index is 15.0. The summed E-state index contributed by atoms with van der Waals surface area (Å²) in [6.45, 7) is 1.98. The highest BCUT2D eigenvalue weighted by atomic mass is 35.5. The normalized spacial score (nSPS) is 17.1. The van der Waals surface area contributed by atoms with Crippen molar-refractivity contribution in [3.63, 3.8) is 0 Å². The number of fused-ring (bicyclic) bond motifs is 1. The van der Waals surface area contributed by atoms with Crippen molar-refractivity contribution in [1.29, 1.82) is 0 Å². The number of ketones is 2. The first-order valence-corrected chi connectivity index (χ1v) is 12.6. The second-order valence-corrected chi connectivity index (χ2v) is 10.3. The van der Waals surface area contributed by atoms with E-state index in [4.69, 9.17) is 20.9 Å². The molecule has 0 N–H and O–H groups in total. The Hall–Kier alpha value is -3.98. The summed E-state index contributed by atoms with van der Waals surface area (Å²) in [6, 6.07) is 10.0. The molecule has 2 aromatic heterocycles. The fourth-order valence-electron chi connectivity index (χ4n) is 5.05. The molecule has 2 aliphatic rings. The standard InChI is InChI=1S/C28H22ClFN4O4/c1-15-33-27(34-38-15)26-21(10-19(29)11-22(26)30)16-2-3-20-18(14-37-24(20)8-16)9-25(36)28(5-6-28)12-23(35)17-4-7-31-32-13-17/h2-4,7-8,10-11,13,18H,5-6,9,12,14H2,1H3. The van der Waals surface area contributed by atoms with E-state index in [1.165, 1.54) is 18.5 Å². The van der Waals surface area contributed by atoms with E-state index in [1.807, 2.05) is 18.2 Å². The Bertz CT molecular complexity index is 1570. The summed E-state index contributed by atoms with van der Waals surface area (Å²) in [4.78, 5) is 30.2. The lowest BCUT2D eigenvalue weighted by Crippen LogP contribution is -2.22. The van der Waals surface area contributed by atoms with Gasteiger partial charge in [-0.1, -0.05) is 28.9 Å². The van der Waals surface area contributed by atoms with E-state index in [-0.39, 0.29) is 46.7 Å². The summed E-state index contributed by atoms with van der Waals surface area (Å²) in [7, 11) is 0. The zero-order valence-electron chi connectivity index (χ0n) is 20.4. The first kappa shape index (κ1) is 24.4. The van der Waals surface area contributed by atoms with Crippen molar-refractivity contribution in [2.75, 3.05) is 6.61 Å². The van der Waals surface area contributed by atoms with E-state index >= 15 is 0 Å². The molecule has 38 heavy (non-hydrogen) atoms. The van der Waals surface area contributed by atoms with E-state index < -0.39 is 11.2 Å². The minimum absolute atomic E-state index is 0.0741. The van der Waals surface area contributed by atoms with Gasteiger partial charge in [0.25, 0.3) is 0 Å². The first-order valence-electron chi connectivity index (χ1n) is 12.2. The molecule has 0 radical (unpaired) electrons. The quantitative estimate of drug-likeness (QED) is 0.263. The molecule has 0 bridgehead atoms. The number of halogens is 2. The van der Waals surface area contributed by atoms with E-state index in [0.29, 0.717) is 47.8 Å². The van der Waals surface area contributed by atoms with Gasteiger partial charge in [0.2, 0.25) is 11.7 Å². The highest BCUT2D eigenvalue weighted by Crippen LogP contribution is 2.53. The van der Waals surface area contributed by atoms with E-state index in [9.17, 15) is 14.0 Å². The number of aryl methyl sites for hydroxylation is 1. The molecule has 10 heteroatoms. The van der Waals surface area contributed by atoms with Crippen LogP contribution in [0.1, 0.15) is 53.4 Å². The summed E-state index contributed by atoms with van der Waals surface area (Å²) >= 11 is 6.18. The number of ether oxygens (including phenoxy) is 1. The molecule has 1 aliphatic carbocycles. The van der Waals surface area contributed by atoms with Crippen LogP contribution in [0.3, 0.4) is 0 Å². The Morgan fingerprint density at radius 1 is 1.16 bits per heavy atom. The van der Waals surface area contributed by atoms with Crippen LogP contribution in [0.4, 0.5) is 4.39 Å². The van der Waals surface area contributed by atoms with Crippen LogP contribution < -0.4 is 4.74 Å². The third-order valence-corrected chi connectivity index (χ3v) is 7.51. The Morgan fingerprint density at radius 2 is 2.00 bits per heavy atom. The van der Waals surface area contributed by atoms with Gasteiger partial charge in [-0.25, -0.2) is 4.39 Å². The van der Waals surface area contributed by atoms with E-state index in [0.717, 1.165) is 5.56 Å². The van der Waals surface area contributed by atoms with Gasteiger partial charge in [-0.2, -0.15) is 15.2 Å². The molecular weight excluding hydrogens is 511 g/mol. The van der Waals surface area contributed by atoms with Gasteiger partial charge in [0, 0.05) is 47.2 Å². The Labute approximate surface area is 222 Å². The summed E-state index contributed by atoms with van der Waals surface area (Å²) in [5.41, 5.74) is 2.11. The molecule has 192 valence electrons. The number of benzene rings is 2. The zero-order chi connectivity index (χ0) is 26.4. The lowest BCUT2D eigenvalue weighted by Gasteiger charge is -2.16. The van der Waals surface area contributed by atoms with Crippen LogP contribution in [-0.4, -0.2) is 38.5 Å².